The van der Waals surface area contributed by atoms with Gasteiger partial charge in [-0.15, -0.1) is 0 Å². The molecular weight excluding hydrogens is 353 g/mol. The number of hydrogen-bond donors (Lipinski definition) is 2. The monoisotopic (exact) mass is 371 g/mol. The van der Waals surface area contributed by atoms with Gasteiger partial charge in [-0.05, 0) is 67.4 Å². The van der Waals surface area contributed by atoms with Gasteiger partial charge in [-0.3, -0.25) is 4.72 Å². The topological polar surface area (TPSA) is 71.1 Å². The fourth-order valence-corrected chi connectivity index (χ4v) is 3.37. The second-order valence-corrected chi connectivity index (χ2v) is 7.62. The number of nitrogens with one attached hydrogen (secondary N) is 2. The van der Waals surface area contributed by atoms with Crippen LogP contribution in [-0.2, 0) is 10.0 Å². The molecule has 0 aliphatic rings. The molecule has 0 atom stereocenters. The van der Waals surface area contributed by atoms with Crippen molar-refractivity contribution in [1.82, 2.24) is 4.98 Å². The summed E-state index contributed by atoms with van der Waals surface area (Å²) in [5, 5.41) is 3.26. The molecule has 1 heterocycles. The van der Waals surface area contributed by atoms with Gasteiger partial charge in [-0.1, -0.05) is 12.1 Å². The zero-order chi connectivity index (χ0) is 18.7. The number of benzene rings is 2. The molecule has 0 saturated heterocycles. The normalized spacial score (nSPS) is 11.2. The molecule has 0 aliphatic carbocycles. The lowest BCUT2D eigenvalue weighted by atomic mass is 10.1. The van der Waals surface area contributed by atoms with Crippen LogP contribution >= 0.6 is 0 Å². The molecule has 2 N–H and O–H groups in total. The Balaban J connectivity index is 1.75. The van der Waals surface area contributed by atoms with Crippen LogP contribution in [0.25, 0.3) is 0 Å². The number of aromatic nitrogens is 1. The third kappa shape index (κ3) is 4.18. The van der Waals surface area contributed by atoms with Gasteiger partial charge in [0.1, 0.15) is 11.6 Å². The molecule has 26 heavy (non-hydrogen) atoms. The molecule has 2 aromatic carbocycles. The number of anilines is 3. The molecule has 0 unspecified atom stereocenters. The van der Waals surface area contributed by atoms with Crippen LogP contribution in [0.4, 0.5) is 21.6 Å². The molecule has 3 aromatic rings. The molecule has 0 spiro atoms. The summed E-state index contributed by atoms with van der Waals surface area (Å²) in [5.74, 6) is -0.315. The summed E-state index contributed by atoms with van der Waals surface area (Å²) in [5.41, 5.74) is 3.93. The van der Waals surface area contributed by atoms with Gasteiger partial charge in [0.05, 0.1) is 16.8 Å². The van der Waals surface area contributed by atoms with Crippen LogP contribution in [0.3, 0.4) is 0 Å². The lowest BCUT2D eigenvalue weighted by Crippen LogP contribution is -2.13. The summed E-state index contributed by atoms with van der Waals surface area (Å²) in [6.07, 6.45) is 1.55. The van der Waals surface area contributed by atoms with Gasteiger partial charge in [0.15, 0.2) is 0 Å². The molecular formula is C19H18FN3O2S. The van der Waals surface area contributed by atoms with E-state index < -0.39 is 15.8 Å². The Kier molecular flexibility index (Phi) is 4.90. The van der Waals surface area contributed by atoms with Gasteiger partial charge in [-0.2, -0.15) is 0 Å². The average molecular weight is 371 g/mol. The summed E-state index contributed by atoms with van der Waals surface area (Å²) in [6.45, 7) is 4.01. The third-order valence-electron chi connectivity index (χ3n) is 3.80. The van der Waals surface area contributed by atoms with E-state index in [4.69, 9.17) is 0 Å². The van der Waals surface area contributed by atoms with Gasteiger partial charge >= 0.3 is 0 Å². The van der Waals surface area contributed by atoms with Crippen molar-refractivity contribution in [3.63, 3.8) is 0 Å². The highest BCUT2D eigenvalue weighted by Crippen LogP contribution is 2.22. The number of hydrogen-bond acceptors (Lipinski definition) is 4. The molecule has 7 heteroatoms. The first kappa shape index (κ1) is 17.9. The first-order chi connectivity index (χ1) is 12.3. The zero-order valence-corrected chi connectivity index (χ0v) is 15.1. The minimum absolute atomic E-state index is 0.0294. The van der Waals surface area contributed by atoms with Crippen molar-refractivity contribution >= 4 is 27.2 Å². The average Bonchev–Trinajstić information content (AvgIpc) is 2.60. The van der Waals surface area contributed by atoms with Gasteiger partial charge in [0.25, 0.3) is 10.0 Å². The van der Waals surface area contributed by atoms with E-state index in [-0.39, 0.29) is 10.7 Å². The summed E-state index contributed by atoms with van der Waals surface area (Å²) in [4.78, 5) is 4.10. The Morgan fingerprint density at radius 3 is 2.35 bits per heavy atom. The van der Waals surface area contributed by atoms with Crippen LogP contribution in [0.2, 0.25) is 0 Å². The second-order valence-electron chi connectivity index (χ2n) is 5.93. The van der Waals surface area contributed by atoms with Crippen molar-refractivity contribution in [3.05, 3.63) is 77.7 Å². The molecule has 0 aliphatic heterocycles. The van der Waals surface area contributed by atoms with Crippen molar-refractivity contribution < 1.29 is 12.8 Å². The molecule has 0 amide bonds. The number of sulfonamides is 1. The van der Waals surface area contributed by atoms with E-state index in [0.717, 1.165) is 34.6 Å². The van der Waals surface area contributed by atoms with E-state index >= 15 is 0 Å². The van der Waals surface area contributed by atoms with E-state index in [1.54, 1.807) is 18.3 Å². The third-order valence-corrected chi connectivity index (χ3v) is 5.17. The largest absolute Gasteiger partial charge is 0.354 e. The van der Waals surface area contributed by atoms with Gasteiger partial charge in [0.2, 0.25) is 0 Å². The number of aryl methyl sites for hydroxylation is 2. The zero-order valence-electron chi connectivity index (χ0n) is 14.3. The maximum absolute atomic E-state index is 12.9. The fourth-order valence-electron chi connectivity index (χ4n) is 2.36. The van der Waals surface area contributed by atoms with Crippen LogP contribution < -0.4 is 10.0 Å². The maximum atomic E-state index is 12.9. The second kappa shape index (κ2) is 7.13. The van der Waals surface area contributed by atoms with E-state index in [2.05, 4.69) is 15.0 Å². The van der Waals surface area contributed by atoms with E-state index in [9.17, 15) is 12.8 Å². The summed E-state index contributed by atoms with van der Waals surface area (Å²) in [6, 6.07) is 14.0. The van der Waals surface area contributed by atoms with Crippen molar-refractivity contribution in [2.24, 2.45) is 0 Å². The summed E-state index contributed by atoms with van der Waals surface area (Å²) >= 11 is 0. The summed E-state index contributed by atoms with van der Waals surface area (Å²) in [7, 11) is -3.81. The highest BCUT2D eigenvalue weighted by Gasteiger charge is 2.14. The molecule has 0 fully saturated rings. The van der Waals surface area contributed by atoms with Crippen LogP contribution in [-0.4, -0.2) is 13.4 Å². The highest BCUT2D eigenvalue weighted by molar-refractivity contribution is 7.92. The molecule has 0 bridgehead atoms. The Labute approximate surface area is 152 Å². The summed E-state index contributed by atoms with van der Waals surface area (Å²) < 4.78 is 39.9. The van der Waals surface area contributed by atoms with Crippen molar-refractivity contribution in [3.8, 4) is 0 Å². The quantitative estimate of drug-likeness (QED) is 0.698. The van der Waals surface area contributed by atoms with Crippen LogP contribution in [0, 0.1) is 19.7 Å². The minimum atomic E-state index is -3.81. The molecule has 1 aromatic heterocycles. The lowest BCUT2D eigenvalue weighted by Gasteiger charge is -2.11. The van der Waals surface area contributed by atoms with E-state index in [1.807, 2.05) is 32.0 Å². The standard InChI is InChI=1S/C19H18FN3O2S/c1-13-3-4-14(2)18(11-13)22-16-7-10-19(21-12-16)23-26(24,25)17-8-5-15(20)6-9-17/h3-12,22H,1-2H3,(H,21,23). The number of rotatable bonds is 5. The van der Waals surface area contributed by atoms with Crippen LogP contribution in [0.5, 0.6) is 0 Å². The SMILES string of the molecule is Cc1ccc(C)c(Nc2ccc(NS(=O)(=O)c3ccc(F)cc3)nc2)c1. The van der Waals surface area contributed by atoms with E-state index in [1.165, 1.54) is 12.1 Å². The Morgan fingerprint density at radius 1 is 0.962 bits per heavy atom. The van der Waals surface area contributed by atoms with Crippen LogP contribution in [0.15, 0.2) is 65.7 Å². The fraction of sp³-hybridized carbons (Fsp3) is 0.105. The molecule has 134 valence electrons. The molecule has 0 radical (unpaired) electrons. The van der Waals surface area contributed by atoms with Crippen LogP contribution in [0.1, 0.15) is 11.1 Å². The molecule has 5 nitrogen and oxygen atoms in total. The number of nitrogens with zero attached hydrogens (tertiary/aromatic N) is 1. The molecule has 3 rings (SSSR count). The smallest absolute Gasteiger partial charge is 0.263 e. The van der Waals surface area contributed by atoms with E-state index in [0.29, 0.717) is 0 Å². The Bertz CT molecular complexity index is 1020. The Morgan fingerprint density at radius 2 is 1.69 bits per heavy atom. The maximum Gasteiger partial charge on any atom is 0.263 e. The Hall–Kier alpha value is -2.93. The number of halogens is 1. The first-order valence-electron chi connectivity index (χ1n) is 7.92. The minimum Gasteiger partial charge on any atom is -0.354 e. The van der Waals surface area contributed by atoms with Gasteiger partial charge in [-0.25, -0.2) is 17.8 Å². The highest BCUT2D eigenvalue weighted by atomic mass is 32.2. The first-order valence-corrected chi connectivity index (χ1v) is 9.40. The number of pyridine rings is 1. The predicted octanol–water partition coefficient (Wildman–Crippen LogP) is 4.38. The predicted molar refractivity (Wildman–Crippen MR) is 101 cm³/mol. The van der Waals surface area contributed by atoms with Crippen molar-refractivity contribution in [2.45, 2.75) is 18.7 Å². The lowest BCUT2D eigenvalue weighted by molar-refractivity contribution is 0.599. The van der Waals surface area contributed by atoms with Crippen molar-refractivity contribution in [2.75, 3.05) is 10.0 Å². The van der Waals surface area contributed by atoms with Crippen molar-refractivity contribution in [1.29, 1.82) is 0 Å². The van der Waals surface area contributed by atoms with Gasteiger partial charge < -0.3 is 5.32 Å². The van der Waals surface area contributed by atoms with Gasteiger partial charge in [0, 0.05) is 5.69 Å². The molecule has 0 saturated carbocycles.